The third kappa shape index (κ3) is 3.99. The Kier molecular flexibility index (Phi) is 5.65. The van der Waals surface area contributed by atoms with Gasteiger partial charge in [0, 0.05) is 11.6 Å². The second-order valence-electron chi connectivity index (χ2n) is 5.99. The molecule has 0 atom stereocenters. The molecule has 0 spiro atoms. The smallest absolute Gasteiger partial charge is 0.371 e. The maximum absolute atomic E-state index is 12.9. The van der Waals surface area contributed by atoms with Crippen LogP contribution in [0.1, 0.15) is 12.0 Å². The molecule has 0 aliphatic rings. The van der Waals surface area contributed by atoms with Crippen molar-refractivity contribution in [3.8, 4) is 0 Å². The number of fused-ring (bicyclic) bond motifs is 1. The summed E-state index contributed by atoms with van der Waals surface area (Å²) in [6.45, 7) is 3.78. The van der Waals surface area contributed by atoms with Crippen molar-refractivity contribution in [3.63, 3.8) is 0 Å². The minimum absolute atomic E-state index is 0.183. The molecule has 0 saturated heterocycles. The highest BCUT2D eigenvalue weighted by Crippen LogP contribution is 2.24. The van der Waals surface area contributed by atoms with E-state index in [-0.39, 0.29) is 17.3 Å². The Morgan fingerprint density at radius 3 is 2.57 bits per heavy atom. The molecule has 1 aromatic heterocycles. The van der Waals surface area contributed by atoms with Crippen LogP contribution in [0.2, 0.25) is 0 Å². The van der Waals surface area contributed by atoms with E-state index in [2.05, 4.69) is 6.58 Å². The maximum atomic E-state index is 12.9. The number of aliphatic carboxylic acids is 1. The summed E-state index contributed by atoms with van der Waals surface area (Å²) in [6.07, 6.45) is 5.07. The van der Waals surface area contributed by atoms with Gasteiger partial charge in [-0.1, -0.05) is 30.3 Å². The van der Waals surface area contributed by atoms with E-state index in [1.807, 2.05) is 0 Å². The quantitative estimate of drug-likeness (QED) is 0.270. The molecule has 0 amide bonds. The summed E-state index contributed by atoms with van der Waals surface area (Å²) in [7, 11) is -3.71. The number of aromatic nitrogens is 1. The normalized spacial score (nSPS) is 12.1. The van der Waals surface area contributed by atoms with Crippen molar-refractivity contribution < 1.29 is 23.1 Å². The van der Waals surface area contributed by atoms with Gasteiger partial charge in [0.05, 0.1) is 17.0 Å². The number of benzene rings is 2. The molecule has 0 aliphatic heterocycles. The van der Waals surface area contributed by atoms with E-state index in [4.69, 9.17) is 4.74 Å². The molecule has 0 radical (unpaired) electrons. The van der Waals surface area contributed by atoms with Crippen molar-refractivity contribution in [3.05, 3.63) is 84.8 Å². The molecule has 7 heteroatoms. The van der Waals surface area contributed by atoms with Crippen LogP contribution in [0.15, 0.2) is 84.1 Å². The predicted octanol–water partition coefficient (Wildman–Crippen LogP) is 3.90. The fourth-order valence-corrected chi connectivity index (χ4v) is 4.08. The zero-order valence-electron chi connectivity index (χ0n) is 15.0. The number of carbonyl (C=O) groups is 1. The summed E-state index contributed by atoms with van der Waals surface area (Å²) in [5, 5.41) is 9.95. The molecule has 0 unspecified atom stereocenters. The average molecular weight is 397 g/mol. The lowest BCUT2D eigenvalue weighted by Gasteiger charge is -2.08. The average Bonchev–Trinajstić information content (AvgIpc) is 3.12. The van der Waals surface area contributed by atoms with E-state index in [0.29, 0.717) is 22.9 Å². The first-order chi connectivity index (χ1) is 13.4. The Morgan fingerprint density at radius 1 is 1.14 bits per heavy atom. The minimum Gasteiger partial charge on any atom is -0.486 e. The van der Waals surface area contributed by atoms with Gasteiger partial charge < -0.3 is 9.84 Å². The molecule has 2 aromatic carbocycles. The van der Waals surface area contributed by atoms with E-state index in [1.165, 1.54) is 28.4 Å². The molecule has 28 heavy (non-hydrogen) atoms. The Hall–Kier alpha value is -3.32. The second-order valence-corrected chi connectivity index (χ2v) is 7.80. The molecule has 1 heterocycles. The summed E-state index contributed by atoms with van der Waals surface area (Å²) < 4.78 is 32.2. The van der Waals surface area contributed by atoms with Gasteiger partial charge >= 0.3 is 5.97 Å². The van der Waals surface area contributed by atoms with E-state index < -0.39 is 16.0 Å². The number of ether oxygens (including phenoxy) is 1. The monoisotopic (exact) mass is 397 g/mol. The highest BCUT2D eigenvalue weighted by molar-refractivity contribution is 7.90. The van der Waals surface area contributed by atoms with Crippen LogP contribution in [0.25, 0.3) is 17.0 Å². The van der Waals surface area contributed by atoms with Gasteiger partial charge in [0.2, 0.25) is 5.76 Å². The van der Waals surface area contributed by atoms with Crippen LogP contribution in [0.5, 0.6) is 0 Å². The van der Waals surface area contributed by atoms with Gasteiger partial charge in [0.25, 0.3) is 10.0 Å². The van der Waals surface area contributed by atoms with Gasteiger partial charge in [-0.05, 0) is 48.4 Å². The van der Waals surface area contributed by atoms with E-state index in [9.17, 15) is 18.3 Å². The van der Waals surface area contributed by atoms with Crippen molar-refractivity contribution >= 4 is 33.0 Å². The molecule has 3 rings (SSSR count). The highest BCUT2D eigenvalue weighted by atomic mass is 32.2. The Bertz CT molecular complexity index is 1140. The molecule has 144 valence electrons. The van der Waals surface area contributed by atoms with Crippen molar-refractivity contribution in [2.24, 2.45) is 0 Å². The summed E-state index contributed by atoms with van der Waals surface area (Å²) in [5.41, 5.74) is 1.10. The summed E-state index contributed by atoms with van der Waals surface area (Å²) in [4.78, 5) is 11.5. The maximum Gasteiger partial charge on any atom is 0.371 e. The zero-order chi connectivity index (χ0) is 20.1. The molecule has 0 aliphatic carbocycles. The highest BCUT2D eigenvalue weighted by Gasteiger charge is 2.18. The largest absolute Gasteiger partial charge is 0.486 e. The van der Waals surface area contributed by atoms with Crippen LogP contribution < -0.4 is 0 Å². The van der Waals surface area contributed by atoms with Gasteiger partial charge in [-0.15, -0.1) is 6.58 Å². The van der Waals surface area contributed by atoms with Gasteiger partial charge in [0.1, 0.15) is 0 Å². The molecule has 3 aromatic rings. The molecule has 1 N–H and O–H groups in total. The SMILES string of the molecule is C=CCCO/C(=C\c1ccc2c(ccn2S(=O)(=O)c2ccccc2)c1)C(=O)O. The Labute approximate surface area is 163 Å². The van der Waals surface area contributed by atoms with Gasteiger partial charge in [-0.2, -0.15) is 0 Å². The van der Waals surface area contributed by atoms with E-state index in [0.717, 1.165) is 0 Å². The van der Waals surface area contributed by atoms with Crippen LogP contribution >= 0.6 is 0 Å². The van der Waals surface area contributed by atoms with Crippen LogP contribution in [-0.2, 0) is 19.6 Å². The van der Waals surface area contributed by atoms with Crippen LogP contribution in [-0.4, -0.2) is 30.1 Å². The standard InChI is InChI=1S/C21H19NO5S/c1-2-3-13-27-20(21(23)24)15-16-9-10-19-17(14-16)11-12-22(19)28(25,26)18-7-5-4-6-8-18/h2,4-12,14-15H,1,3,13H2,(H,23,24)/b20-15-. The number of hydrogen-bond donors (Lipinski definition) is 1. The topological polar surface area (TPSA) is 85.6 Å². The third-order valence-electron chi connectivity index (χ3n) is 4.07. The van der Waals surface area contributed by atoms with Gasteiger partial charge in [-0.3, -0.25) is 0 Å². The van der Waals surface area contributed by atoms with Crippen molar-refractivity contribution in [1.82, 2.24) is 3.97 Å². The summed E-state index contributed by atoms with van der Waals surface area (Å²) in [5.74, 6) is -1.36. The first-order valence-corrected chi connectivity index (χ1v) is 9.98. The summed E-state index contributed by atoms with van der Waals surface area (Å²) >= 11 is 0. The Morgan fingerprint density at radius 2 is 1.89 bits per heavy atom. The molecule has 0 saturated carbocycles. The molecule has 6 nitrogen and oxygen atoms in total. The summed E-state index contributed by atoms with van der Waals surface area (Å²) in [6, 6.07) is 14.9. The lowest BCUT2D eigenvalue weighted by atomic mass is 10.1. The first kappa shape index (κ1) is 19.4. The van der Waals surface area contributed by atoms with Crippen LogP contribution in [0, 0.1) is 0 Å². The predicted molar refractivity (Wildman–Crippen MR) is 107 cm³/mol. The zero-order valence-corrected chi connectivity index (χ0v) is 15.8. The molecule has 0 bridgehead atoms. The number of carboxylic acid groups (broad SMARTS) is 1. The number of hydrogen-bond acceptors (Lipinski definition) is 4. The van der Waals surface area contributed by atoms with E-state index >= 15 is 0 Å². The lowest BCUT2D eigenvalue weighted by Crippen LogP contribution is -2.11. The fourth-order valence-electron chi connectivity index (χ4n) is 2.71. The van der Waals surface area contributed by atoms with Gasteiger partial charge in [0.15, 0.2) is 0 Å². The number of rotatable bonds is 8. The van der Waals surface area contributed by atoms with Crippen LogP contribution in [0.4, 0.5) is 0 Å². The second kappa shape index (κ2) is 8.14. The van der Waals surface area contributed by atoms with Crippen molar-refractivity contribution in [2.45, 2.75) is 11.3 Å². The van der Waals surface area contributed by atoms with Gasteiger partial charge in [-0.25, -0.2) is 17.2 Å². The third-order valence-corrected chi connectivity index (χ3v) is 5.77. The number of nitrogens with zero attached hydrogens (tertiary/aromatic N) is 1. The lowest BCUT2D eigenvalue weighted by molar-refractivity contribution is -0.136. The van der Waals surface area contributed by atoms with E-state index in [1.54, 1.807) is 48.5 Å². The first-order valence-electron chi connectivity index (χ1n) is 8.54. The minimum atomic E-state index is -3.71. The van der Waals surface area contributed by atoms with Crippen LogP contribution in [0.3, 0.4) is 0 Å². The molecular weight excluding hydrogens is 378 g/mol. The van der Waals surface area contributed by atoms with Crippen molar-refractivity contribution in [1.29, 1.82) is 0 Å². The molecular formula is C21H19NO5S. The van der Waals surface area contributed by atoms with Crippen molar-refractivity contribution in [2.75, 3.05) is 6.61 Å². The number of carboxylic acids is 1. The molecule has 0 fully saturated rings. The Balaban J connectivity index is 1.97. The fraction of sp³-hybridized carbons (Fsp3) is 0.0952.